The first kappa shape index (κ1) is 15.9. The molecule has 0 aliphatic carbocycles. The Morgan fingerprint density at radius 3 is 2.40 bits per heavy atom. The second kappa shape index (κ2) is 6.73. The van der Waals surface area contributed by atoms with E-state index in [9.17, 15) is 4.79 Å². The van der Waals surface area contributed by atoms with Crippen molar-refractivity contribution in [3.63, 3.8) is 0 Å². The van der Waals surface area contributed by atoms with Crippen molar-refractivity contribution in [3.8, 4) is 0 Å². The fraction of sp³-hybridized carbons (Fsp3) is 0.286. The normalized spacial score (nSPS) is 17.6. The van der Waals surface area contributed by atoms with E-state index in [4.69, 9.17) is 5.73 Å². The number of aromatic nitrogens is 1. The van der Waals surface area contributed by atoms with Gasteiger partial charge in [0.05, 0.1) is 0 Å². The summed E-state index contributed by atoms with van der Waals surface area (Å²) in [5, 5.41) is 1.26. The summed E-state index contributed by atoms with van der Waals surface area (Å²) in [4.78, 5) is 17.8. The number of likely N-dealkylation sites (tertiary alicyclic amines) is 1. The third-order valence-corrected chi connectivity index (χ3v) is 5.27. The number of rotatable bonds is 4. The molecule has 0 radical (unpaired) electrons. The minimum atomic E-state index is -0.329. The van der Waals surface area contributed by atoms with Crippen LogP contribution in [-0.2, 0) is 4.79 Å². The number of primary amides is 1. The molecule has 128 valence electrons. The van der Waals surface area contributed by atoms with E-state index in [2.05, 4.69) is 40.2 Å². The van der Waals surface area contributed by atoms with Crippen LogP contribution in [0.1, 0.15) is 36.1 Å². The first-order chi connectivity index (χ1) is 12.2. The van der Waals surface area contributed by atoms with Crippen molar-refractivity contribution < 1.29 is 4.79 Å². The van der Waals surface area contributed by atoms with Gasteiger partial charge in [-0.2, -0.15) is 0 Å². The number of hydrogen-bond acceptors (Lipinski definition) is 2. The lowest BCUT2D eigenvalue weighted by Crippen LogP contribution is -2.42. The Labute approximate surface area is 147 Å². The number of carbonyl (C=O) groups excluding carboxylic acids is 1. The largest absolute Gasteiger partial charge is 0.368 e. The van der Waals surface area contributed by atoms with Crippen molar-refractivity contribution in [1.82, 2.24) is 9.88 Å². The topological polar surface area (TPSA) is 62.1 Å². The number of benzene rings is 2. The van der Waals surface area contributed by atoms with Gasteiger partial charge in [-0.05, 0) is 49.0 Å². The van der Waals surface area contributed by atoms with Crippen LogP contribution >= 0.6 is 0 Å². The maximum absolute atomic E-state index is 12.0. The van der Waals surface area contributed by atoms with Crippen LogP contribution in [0.5, 0.6) is 0 Å². The zero-order valence-electron chi connectivity index (χ0n) is 14.2. The highest BCUT2D eigenvalue weighted by molar-refractivity contribution is 5.81. The van der Waals surface area contributed by atoms with Crippen LogP contribution in [0.2, 0.25) is 0 Å². The van der Waals surface area contributed by atoms with Crippen LogP contribution in [0, 0.1) is 0 Å². The van der Waals surface area contributed by atoms with Gasteiger partial charge in [0, 0.05) is 17.1 Å². The molecule has 1 fully saturated rings. The van der Waals surface area contributed by atoms with Crippen LogP contribution in [-0.4, -0.2) is 28.9 Å². The summed E-state index contributed by atoms with van der Waals surface area (Å²) in [6.45, 7) is 1.76. The van der Waals surface area contributed by atoms with Gasteiger partial charge in [-0.3, -0.25) is 9.69 Å². The molecule has 0 saturated carbocycles. The minimum absolute atomic E-state index is 0.268. The lowest BCUT2D eigenvalue weighted by Gasteiger charge is -2.36. The van der Waals surface area contributed by atoms with E-state index in [1.165, 1.54) is 16.6 Å². The predicted molar refractivity (Wildman–Crippen MR) is 100 cm³/mol. The lowest BCUT2D eigenvalue weighted by molar-refractivity contribution is -0.124. The SMILES string of the molecule is NC(=O)C(c1ccccc1)N1CCC(c2cc3ccccc3[nH]2)CC1. The molecule has 3 aromatic rings. The molecule has 1 unspecified atom stereocenters. The van der Waals surface area contributed by atoms with E-state index in [1.807, 2.05) is 30.3 Å². The molecular formula is C21H23N3O. The van der Waals surface area contributed by atoms with Crippen LogP contribution in [0.4, 0.5) is 0 Å². The van der Waals surface area contributed by atoms with E-state index in [1.54, 1.807) is 0 Å². The Kier molecular flexibility index (Phi) is 4.28. The minimum Gasteiger partial charge on any atom is -0.368 e. The van der Waals surface area contributed by atoms with E-state index in [0.717, 1.165) is 31.5 Å². The molecule has 4 nitrogen and oxygen atoms in total. The molecule has 1 aliphatic heterocycles. The molecule has 25 heavy (non-hydrogen) atoms. The molecule has 1 atom stereocenters. The highest BCUT2D eigenvalue weighted by Gasteiger charge is 2.30. The Balaban J connectivity index is 1.49. The molecular weight excluding hydrogens is 310 g/mol. The summed E-state index contributed by atoms with van der Waals surface area (Å²) < 4.78 is 0. The predicted octanol–water partition coefficient (Wildman–Crippen LogP) is 3.57. The summed E-state index contributed by atoms with van der Waals surface area (Å²) in [6.07, 6.45) is 2.06. The number of carbonyl (C=O) groups is 1. The number of amides is 1. The molecule has 1 amide bonds. The van der Waals surface area contributed by atoms with Crippen molar-refractivity contribution in [1.29, 1.82) is 0 Å². The number of H-pyrrole nitrogens is 1. The first-order valence-corrected chi connectivity index (χ1v) is 8.88. The Morgan fingerprint density at radius 1 is 1.04 bits per heavy atom. The number of aromatic amines is 1. The van der Waals surface area contributed by atoms with Crippen molar-refractivity contribution in [2.45, 2.75) is 24.8 Å². The summed E-state index contributed by atoms with van der Waals surface area (Å²) in [6, 6.07) is 20.2. The third kappa shape index (κ3) is 3.17. The Morgan fingerprint density at radius 2 is 1.72 bits per heavy atom. The van der Waals surface area contributed by atoms with Gasteiger partial charge in [-0.25, -0.2) is 0 Å². The van der Waals surface area contributed by atoms with Crippen molar-refractivity contribution >= 4 is 16.8 Å². The molecule has 0 spiro atoms. The zero-order valence-corrected chi connectivity index (χ0v) is 14.2. The summed E-state index contributed by atoms with van der Waals surface area (Å²) in [7, 11) is 0. The summed E-state index contributed by atoms with van der Waals surface area (Å²) >= 11 is 0. The molecule has 3 N–H and O–H groups in total. The second-order valence-corrected chi connectivity index (χ2v) is 6.84. The van der Waals surface area contributed by atoms with E-state index in [-0.39, 0.29) is 11.9 Å². The van der Waals surface area contributed by atoms with E-state index >= 15 is 0 Å². The smallest absolute Gasteiger partial charge is 0.239 e. The van der Waals surface area contributed by atoms with Crippen LogP contribution < -0.4 is 5.73 Å². The van der Waals surface area contributed by atoms with Gasteiger partial charge < -0.3 is 10.7 Å². The maximum atomic E-state index is 12.0. The van der Waals surface area contributed by atoms with Gasteiger partial charge in [0.1, 0.15) is 6.04 Å². The molecule has 1 saturated heterocycles. The number of fused-ring (bicyclic) bond motifs is 1. The van der Waals surface area contributed by atoms with Crippen LogP contribution in [0.3, 0.4) is 0 Å². The molecule has 0 bridgehead atoms. The van der Waals surface area contributed by atoms with Gasteiger partial charge in [0.15, 0.2) is 0 Å². The standard InChI is InChI=1S/C21H23N3O/c22-21(25)20(16-6-2-1-3-7-16)24-12-10-15(11-13-24)19-14-17-8-4-5-9-18(17)23-19/h1-9,14-15,20,23H,10-13H2,(H2,22,25). The highest BCUT2D eigenvalue weighted by atomic mass is 16.1. The maximum Gasteiger partial charge on any atom is 0.239 e. The number of nitrogens with one attached hydrogen (secondary N) is 1. The second-order valence-electron chi connectivity index (χ2n) is 6.84. The fourth-order valence-electron chi connectivity index (χ4n) is 3.97. The van der Waals surface area contributed by atoms with Crippen molar-refractivity contribution in [2.24, 2.45) is 5.73 Å². The number of piperidine rings is 1. The van der Waals surface area contributed by atoms with Crippen molar-refractivity contribution in [2.75, 3.05) is 13.1 Å². The molecule has 1 aromatic heterocycles. The van der Waals surface area contributed by atoms with Crippen LogP contribution in [0.15, 0.2) is 60.7 Å². The molecule has 4 rings (SSSR count). The Hall–Kier alpha value is -2.59. The summed E-state index contributed by atoms with van der Waals surface area (Å²) in [5.74, 6) is 0.239. The molecule has 2 heterocycles. The summed E-state index contributed by atoms with van der Waals surface area (Å²) in [5.41, 5.74) is 9.19. The number of hydrogen-bond donors (Lipinski definition) is 2. The fourth-order valence-corrected chi connectivity index (χ4v) is 3.97. The average Bonchev–Trinajstić information content (AvgIpc) is 3.07. The Bertz CT molecular complexity index is 830. The molecule has 4 heteroatoms. The lowest BCUT2D eigenvalue weighted by atomic mass is 9.91. The van der Waals surface area contributed by atoms with Gasteiger partial charge in [-0.15, -0.1) is 0 Å². The highest BCUT2D eigenvalue weighted by Crippen LogP contribution is 2.33. The quantitative estimate of drug-likeness (QED) is 0.766. The van der Waals surface area contributed by atoms with E-state index < -0.39 is 0 Å². The first-order valence-electron chi connectivity index (χ1n) is 8.88. The third-order valence-electron chi connectivity index (χ3n) is 5.27. The van der Waals surface area contributed by atoms with Gasteiger partial charge in [0.2, 0.25) is 5.91 Å². The van der Waals surface area contributed by atoms with E-state index in [0.29, 0.717) is 5.92 Å². The number of nitrogens with two attached hydrogens (primary N) is 1. The van der Waals surface area contributed by atoms with Gasteiger partial charge in [-0.1, -0.05) is 48.5 Å². The zero-order chi connectivity index (χ0) is 17.2. The molecule has 2 aromatic carbocycles. The van der Waals surface area contributed by atoms with Crippen LogP contribution in [0.25, 0.3) is 10.9 Å². The van der Waals surface area contributed by atoms with Gasteiger partial charge in [0.25, 0.3) is 0 Å². The average molecular weight is 333 g/mol. The monoisotopic (exact) mass is 333 g/mol. The van der Waals surface area contributed by atoms with Crippen molar-refractivity contribution in [3.05, 3.63) is 71.9 Å². The number of para-hydroxylation sites is 1. The van der Waals surface area contributed by atoms with Gasteiger partial charge >= 0.3 is 0 Å². The molecule has 1 aliphatic rings. The number of nitrogens with zero attached hydrogens (tertiary/aromatic N) is 1.